The van der Waals surface area contributed by atoms with Gasteiger partial charge in [-0.3, -0.25) is 0 Å². The number of alkyl halides is 3. The summed E-state index contributed by atoms with van der Waals surface area (Å²) >= 11 is 0. The zero-order chi connectivity index (χ0) is 14.9. The molecule has 0 saturated carbocycles. The van der Waals surface area contributed by atoms with Crippen LogP contribution in [0.4, 0.5) is 19.0 Å². The molecule has 7 nitrogen and oxygen atoms in total. The first-order valence-corrected chi connectivity index (χ1v) is 5.22. The summed E-state index contributed by atoms with van der Waals surface area (Å²) in [4.78, 5) is 3.84. The summed E-state index contributed by atoms with van der Waals surface area (Å²) in [6.45, 7) is 2.19. The number of nitrogens with zero attached hydrogens (tertiary/aromatic N) is 3. The number of hydrogen-bond donors (Lipinski definition) is 3. The van der Waals surface area contributed by atoms with Crippen molar-refractivity contribution in [1.29, 1.82) is 5.41 Å². The SMILES string of the molecule is C=C(C(=N)COc1cc(N)nc2n[nH]nc12)C(F)(F)F. The molecular weight excluding hydrogens is 277 g/mol. The number of halogens is 3. The van der Waals surface area contributed by atoms with Gasteiger partial charge < -0.3 is 15.9 Å². The summed E-state index contributed by atoms with van der Waals surface area (Å²) in [6.07, 6.45) is -4.67. The van der Waals surface area contributed by atoms with Gasteiger partial charge in [0, 0.05) is 6.07 Å². The van der Waals surface area contributed by atoms with Gasteiger partial charge in [0.2, 0.25) is 5.65 Å². The molecule has 0 atom stereocenters. The molecule has 0 radical (unpaired) electrons. The molecule has 0 aliphatic rings. The van der Waals surface area contributed by atoms with Crippen molar-refractivity contribution in [3.63, 3.8) is 0 Å². The highest BCUT2D eigenvalue weighted by Crippen LogP contribution is 2.26. The van der Waals surface area contributed by atoms with E-state index in [1.165, 1.54) is 6.07 Å². The molecule has 4 N–H and O–H groups in total. The van der Waals surface area contributed by atoms with Gasteiger partial charge in [-0.2, -0.15) is 23.5 Å². The van der Waals surface area contributed by atoms with Crippen molar-refractivity contribution in [3.05, 3.63) is 18.2 Å². The Morgan fingerprint density at radius 3 is 2.80 bits per heavy atom. The first-order valence-electron chi connectivity index (χ1n) is 5.22. The van der Waals surface area contributed by atoms with Gasteiger partial charge in [-0.05, 0) is 0 Å². The Hall–Kier alpha value is -2.65. The van der Waals surface area contributed by atoms with Crippen LogP contribution in [-0.4, -0.2) is 38.9 Å². The highest BCUT2D eigenvalue weighted by molar-refractivity contribution is 5.99. The Balaban J connectivity index is 2.16. The fraction of sp³-hybridized carbons (Fsp3) is 0.200. The zero-order valence-corrected chi connectivity index (χ0v) is 9.95. The van der Waals surface area contributed by atoms with Gasteiger partial charge in [-0.15, -0.1) is 5.10 Å². The van der Waals surface area contributed by atoms with E-state index < -0.39 is 24.1 Å². The molecule has 2 aromatic rings. The first kappa shape index (κ1) is 13.8. The molecule has 0 bridgehead atoms. The number of pyridine rings is 1. The summed E-state index contributed by atoms with van der Waals surface area (Å²) in [7, 11) is 0. The predicted molar refractivity (Wildman–Crippen MR) is 64.5 cm³/mol. The van der Waals surface area contributed by atoms with Crippen LogP contribution in [0.15, 0.2) is 18.2 Å². The lowest BCUT2D eigenvalue weighted by atomic mass is 10.2. The number of ether oxygens (including phenoxy) is 1. The number of hydrogen-bond acceptors (Lipinski definition) is 6. The molecule has 2 heterocycles. The fourth-order valence-electron chi connectivity index (χ4n) is 1.34. The quantitative estimate of drug-likeness (QED) is 0.736. The van der Waals surface area contributed by atoms with Crippen LogP contribution in [0.1, 0.15) is 0 Å². The van der Waals surface area contributed by atoms with E-state index in [0.29, 0.717) is 0 Å². The molecule has 2 rings (SSSR count). The van der Waals surface area contributed by atoms with Crippen molar-refractivity contribution in [1.82, 2.24) is 20.4 Å². The second kappa shape index (κ2) is 4.79. The molecule has 0 spiro atoms. The maximum atomic E-state index is 12.3. The van der Waals surface area contributed by atoms with Crippen molar-refractivity contribution < 1.29 is 17.9 Å². The van der Waals surface area contributed by atoms with Crippen LogP contribution in [0.2, 0.25) is 0 Å². The molecule has 10 heteroatoms. The van der Waals surface area contributed by atoms with Crippen molar-refractivity contribution in [2.75, 3.05) is 12.3 Å². The molecule has 0 aromatic carbocycles. The number of fused-ring (bicyclic) bond motifs is 1. The number of nitrogen functional groups attached to an aromatic ring is 1. The minimum absolute atomic E-state index is 0.0718. The number of aromatic amines is 1. The second-order valence-electron chi connectivity index (χ2n) is 3.78. The minimum atomic E-state index is -4.67. The topological polar surface area (TPSA) is 114 Å². The highest BCUT2D eigenvalue weighted by atomic mass is 19.4. The molecule has 2 aromatic heterocycles. The van der Waals surface area contributed by atoms with Crippen molar-refractivity contribution in [3.8, 4) is 5.75 Å². The number of anilines is 1. The summed E-state index contributed by atoms with van der Waals surface area (Å²) in [6, 6.07) is 1.29. The third-order valence-electron chi connectivity index (χ3n) is 2.36. The lowest BCUT2D eigenvalue weighted by molar-refractivity contribution is -0.0860. The smallest absolute Gasteiger partial charge is 0.417 e. The largest absolute Gasteiger partial charge is 0.485 e. The summed E-state index contributed by atoms with van der Waals surface area (Å²) in [5.41, 5.74) is 3.82. The van der Waals surface area contributed by atoms with Gasteiger partial charge >= 0.3 is 6.18 Å². The molecule has 20 heavy (non-hydrogen) atoms. The fourth-order valence-corrected chi connectivity index (χ4v) is 1.34. The monoisotopic (exact) mass is 286 g/mol. The van der Waals surface area contributed by atoms with Crippen LogP contribution < -0.4 is 10.5 Å². The van der Waals surface area contributed by atoms with Gasteiger partial charge in [-0.25, -0.2) is 4.98 Å². The molecule has 0 unspecified atom stereocenters. The zero-order valence-electron chi connectivity index (χ0n) is 9.95. The number of nitrogens with one attached hydrogen (secondary N) is 2. The standard InChI is InChI=1S/C10H9F3N6O/c1-4(10(11,12)13)5(14)3-20-6-2-7(15)16-9-8(6)17-19-18-9/h2,14H,1,3H2,(H3,15,16,17,18,19). The van der Waals surface area contributed by atoms with Crippen LogP contribution in [0.25, 0.3) is 11.2 Å². The predicted octanol–water partition coefficient (Wildman–Crippen LogP) is 1.45. The highest BCUT2D eigenvalue weighted by Gasteiger charge is 2.34. The molecule has 0 aliphatic carbocycles. The van der Waals surface area contributed by atoms with Crippen LogP contribution in [0.5, 0.6) is 5.75 Å². The van der Waals surface area contributed by atoms with Gasteiger partial charge in [0.05, 0.1) is 11.3 Å². The van der Waals surface area contributed by atoms with E-state index in [1.807, 2.05) is 0 Å². The summed E-state index contributed by atoms with van der Waals surface area (Å²) < 4.78 is 42.1. The normalized spacial score (nSPS) is 11.6. The van der Waals surface area contributed by atoms with E-state index in [1.54, 1.807) is 0 Å². The van der Waals surface area contributed by atoms with Gasteiger partial charge in [-0.1, -0.05) is 6.58 Å². The van der Waals surface area contributed by atoms with E-state index in [2.05, 4.69) is 27.0 Å². The van der Waals surface area contributed by atoms with E-state index in [0.717, 1.165) is 0 Å². The maximum absolute atomic E-state index is 12.3. The van der Waals surface area contributed by atoms with E-state index in [-0.39, 0.29) is 22.7 Å². The Morgan fingerprint density at radius 1 is 1.45 bits per heavy atom. The Labute approximate surface area is 110 Å². The summed E-state index contributed by atoms with van der Waals surface area (Å²) in [5.74, 6) is 0.156. The van der Waals surface area contributed by atoms with Gasteiger partial charge in [0.1, 0.15) is 12.4 Å². The third-order valence-corrected chi connectivity index (χ3v) is 2.36. The third kappa shape index (κ3) is 2.68. The van der Waals surface area contributed by atoms with Crippen LogP contribution in [0.3, 0.4) is 0 Å². The van der Waals surface area contributed by atoms with Crippen LogP contribution in [0, 0.1) is 5.41 Å². The average molecular weight is 286 g/mol. The Kier molecular flexibility index (Phi) is 3.30. The van der Waals surface area contributed by atoms with E-state index in [9.17, 15) is 13.2 Å². The van der Waals surface area contributed by atoms with Crippen LogP contribution in [-0.2, 0) is 0 Å². The summed E-state index contributed by atoms with van der Waals surface area (Å²) in [5, 5.41) is 17.0. The Bertz CT molecular complexity index is 677. The molecular formula is C10H9F3N6O. The maximum Gasteiger partial charge on any atom is 0.417 e. The minimum Gasteiger partial charge on any atom is -0.485 e. The number of rotatable bonds is 4. The van der Waals surface area contributed by atoms with E-state index >= 15 is 0 Å². The van der Waals surface area contributed by atoms with E-state index in [4.69, 9.17) is 15.9 Å². The number of nitrogens with two attached hydrogens (primary N) is 1. The van der Waals surface area contributed by atoms with Gasteiger partial charge in [0.25, 0.3) is 0 Å². The van der Waals surface area contributed by atoms with Crippen molar-refractivity contribution in [2.45, 2.75) is 6.18 Å². The van der Waals surface area contributed by atoms with Crippen molar-refractivity contribution >= 4 is 22.7 Å². The lowest BCUT2D eigenvalue weighted by Gasteiger charge is -2.12. The molecule has 0 amide bonds. The first-order chi connectivity index (χ1) is 9.29. The molecule has 0 fully saturated rings. The number of aromatic nitrogens is 4. The van der Waals surface area contributed by atoms with Crippen LogP contribution >= 0.6 is 0 Å². The second-order valence-corrected chi connectivity index (χ2v) is 3.78. The Morgan fingerprint density at radius 2 is 2.15 bits per heavy atom. The average Bonchev–Trinajstić information content (AvgIpc) is 2.81. The molecule has 0 saturated heterocycles. The number of H-pyrrole nitrogens is 1. The lowest BCUT2D eigenvalue weighted by Crippen LogP contribution is -2.23. The molecule has 106 valence electrons. The van der Waals surface area contributed by atoms with Gasteiger partial charge in [0.15, 0.2) is 11.3 Å². The molecule has 0 aliphatic heterocycles. The van der Waals surface area contributed by atoms with Crippen molar-refractivity contribution in [2.24, 2.45) is 0 Å².